The number of methoxy groups -OCH3 is 1. The zero-order valence-corrected chi connectivity index (χ0v) is 13.9. The molecule has 0 radical (unpaired) electrons. The summed E-state index contributed by atoms with van der Waals surface area (Å²) in [6, 6.07) is 15.7. The quantitative estimate of drug-likeness (QED) is 0.795. The zero-order valence-electron chi connectivity index (χ0n) is 13.1. The highest BCUT2D eigenvalue weighted by Crippen LogP contribution is 2.25. The van der Waals surface area contributed by atoms with Gasteiger partial charge < -0.3 is 10.1 Å². The van der Waals surface area contributed by atoms with Crippen LogP contribution < -0.4 is 10.1 Å². The molecule has 3 nitrogen and oxygen atoms in total. The van der Waals surface area contributed by atoms with Crippen molar-refractivity contribution in [3.05, 3.63) is 54.1 Å². The number of para-hydroxylation sites is 1. The van der Waals surface area contributed by atoms with Gasteiger partial charge in [-0.2, -0.15) is 0 Å². The summed E-state index contributed by atoms with van der Waals surface area (Å²) in [6.45, 7) is 4.24. The Bertz CT molecular complexity index is 623. The highest BCUT2D eigenvalue weighted by Gasteiger charge is 2.09. The summed E-state index contributed by atoms with van der Waals surface area (Å²) in [5, 5.41) is 3.00. The number of hydrogen-bond acceptors (Lipinski definition) is 3. The molecule has 1 N–H and O–H groups in total. The normalized spacial score (nSPS) is 10.5. The standard InChI is InChI=1S/C18H21NO2S/c1-13(2)16-6-4-5-7-17(16)19-18(20)12-22-15-10-8-14(21-3)9-11-15/h4-11,13H,12H2,1-3H3,(H,19,20). The van der Waals surface area contributed by atoms with Crippen molar-refractivity contribution in [1.82, 2.24) is 0 Å². The van der Waals surface area contributed by atoms with Crippen LogP contribution in [-0.2, 0) is 4.79 Å². The second-order valence-electron chi connectivity index (χ2n) is 5.25. The first kappa shape index (κ1) is 16.4. The van der Waals surface area contributed by atoms with Crippen molar-refractivity contribution >= 4 is 23.4 Å². The number of hydrogen-bond donors (Lipinski definition) is 1. The molecule has 0 aromatic heterocycles. The molecule has 1 amide bonds. The largest absolute Gasteiger partial charge is 0.497 e. The molecule has 0 atom stereocenters. The molecule has 0 aliphatic heterocycles. The van der Waals surface area contributed by atoms with Crippen molar-refractivity contribution in [1.29, 1.82) is 0 Å². The number of anilines is 1. The molecule has 22 heavy (non-hydrogen) atoms. The van der Waals surface area contributed by atoms with Crippen LogP contribution in [0.5, 0.6) is 5.75 Å². The number of carbonyl (C=O) groups is 1. The van der Waals surface area contributed by atoms with E-state index in [0.29, 0.717) is 11.7 Å². The lowest BCUT2D eigenvalue weighted by Gasteiger charge is -2.13. The first-order chi connectivity index (χ1) is 10.6. The van der Waals surface area contributed by atoms with E-state index in [1.165, 1.54) is 11.8 Å². The summed E-state index contributed by atoms with van der Waals surface area (Å²) in [6.07, 6.45) is 0. The summed E-state index contributed by atoms with van der Waals surface area (Å²) in [4.78, 5) is 13.2. The molecule has 0 bridgehead atoms. The topological polar surface area (TPSA) is 38.3 Å². The molecule has 0 unspecified atom stereocenters. The van der Waals surface area contributed by atoms with E-state index in [-0.39, 0.29) is 5.91 Å². The van der Waals surface area contributed by atoms with E-state index in [2.05, 4.69) is 25.2 Å². The molecule has 116 valence electrons. The van der Waals surface area contributed by atoms with Gasteiger partial charge in [0.15, 0.2) is 0 Å². The second kappa shape index (κ2) is 7.90. The number of rotatable bonds is 6. The Morgan fingerprint density at radius 3 is 2.45 bits per heavy atom. The van der Waals surface area contributed by atoms with Gasteiger partial charge in [0.25, 0.3) is 0 Å². The number of nitrogens with one attached hydrogen (secondary N) is 1. The maximum atomic E-state index is 12.1. The van der Waals surface area contributed by atoms with Gasteiger partial charge in [-0.1, -0.05) is 32.0 Å². The van der Waals surface area contributed by atoms with E-state index in [1.54, 1.807) is 7.11 Å². The Hall–Kier alpha value is -1.94. The number of ether oxygens (including phenoxy) is 1. The molecule has 2 rings (SSSR count). The second-order valence-corrected chi connectivity index (χ2v) is 6.30. The van der Waals surface area contributed by atoms with Crippen LogP contribution >= 0.6 is 11.8 Å². The lowest BCUT2D eigenvalue weighted by molar-refractivity contribution is -0.113. The van der Waals surface area contributed by atoms with Crippen molar-refractivity contribution in [3.63, 3.8) is 0 Å². The molecule has 0 spiro atoms. The van der Waals surface area contributed by atoms with Gasteiger partial charge in [0, 0.05) is 10.6 Å². The van der Waals surface area contributed by atoms with Gasteiger partial charge in [-0.3, -0.25) is 4.79 Å². The van der Waals surface area contributed by atoms with Crippen LogP contribution in [0, 0.1) is 0 Å². The summed E-state index contributed by atoms with van der Waals surface area (Å²) >= 11 is 1.51. The summed E-state index contributed by atoms with van der Waals surface area (Å²) < 4.78 is 5.12. The van der Waals surface area contributed by atoms with Gasteiger partial charge >= 0.3 is 0 Å². The summed E-state index contributed by atoms with van der Waals surface area (Å²) in [7, 11) is 1.64. The first-order valence-corrected chi connectivity index (χ1v) is 8.24. The maximum absolute atomic E-state index is 12.1. The molecule has 2 aromatic rings. The Balaban J connectivity index is 1.93. The van der Waals surface area contributed by atoms with Crippen molar-refractivity contribution in [2.45, 2.75) is 24.7 Å². The lowest BCUT2D eigenvalue weighted by atomic mass is 10.0. The minimum absolute atomic E-state index is 0.00826. The third-order valence-corrected chi connectivity index (χ3v) is 4.30. The SMILES string of the molecule is COc1ccc(SCC(=O)Nc2ccccc2C(C)C)cc1. The monoisotopic (exact) mass is 315 g/mol. The van der Waals surface area contributed by atoms with Crippen molar-refractivity contribution in [2.75, 3.05) is 18.2 Å². The minimum Gasteiger partial charge on any atom is -0.497 e. The van der Waals surface area contributed by atoms with Gasteiger partial charge in [-0.15, -0.1) is 11.8 Å². The molecule has 2 aromatic carbocycles. The molecule has 0 aliphatic carbocycles. The smallest absolute Gasteiger partial charge is 0.234 e. The zero-order chi connectivity index (χ0) is 15.9. The number of benzene rings is 2. The highest BCUT2D eigenvalue weighted by atomic mass is 32.2. The van der Waals surface area contributed by atoms with Crippen LogP contribution in [0.4, 0.5) is 5.69 Å². The summed E-state index contributed by atoms with van der Waals surface area (Å²) in [5.41, 5.74) is 2.06. The van der Waals surface area contributed by atoms with Crippen LogP contribution in [0.25, 0.3) is 0 Å². The molecule has 0 saturated carbocycles. The van der Waals surface area contributed by atoms with Gasteiger partial charge in [-0.05, 0) is 41.8 Å². The highest BCUT2D eigenvalue weighted by molar-refractivity contribution is 8.00. The van der Waals surface area contributed by atoms with Gasteiger partial charge in [0.05, 0.1) is 12.9 Å². The predicted octanol–water partition coefficient (Wildman–Crippen LogP) is 4.55. The summed E-state index contributed by atoms with van der Waals surface area (Å²) in [5.74, 6) is 1.60. The Morgan fingerprint density at radius 2 is 1.82 bits per heavy atom. The Morgan fingerprint density at radius 1 is 1.14 bits per heavy atom. The number of thioether (sulfide) groups is 1. The fraction of sp³-hybridized carbons (Fsp3) is 0.278. The Labute approximate surface area is 136 Å². The third kappa shape index (κ3) is 4.53. The fourth-order valence-electron chi connectivity index (χ4n) is 2.12. The molecule has 4 heteroatoms. The van der Waals surface area contributed by atoms with Crippen LogP contribution in [-0.4, -0.2) is 18.8 Å². The van der Waals surface area contributed by atoms with E-state index in [1.807, 2.05) is 42.5 Å². The Kier molecular flexibility index (Phi) is 5.90. The molecular weight excluding hydrogens is 294 g/mol. The van der Waals surface area contributed by atoms with E-state index in [9.17, 15) is 4.79 Å². The third-order valence-electron chi connectivity index (χ3n) is 3.29. The van der Waals surface area contributed by atoms with Crippen molar-refractivity contribution in [3.8, 4) is 5.75 Å². The molecule has 0 heterocycles. The van der Waals surface area contributed by atoms with E-state index in [4.69, 9.17) is 4.74 Å². The van der Waals surface area contributed by atoms with Gasteiger partial charge in [0.1, 0.15) is 5.75 Å². The minimum atomic E-state index is 0.00826. The first-order valence-electron chi connectivity index (χ1n) is 7.25. The van der Waals surface area contributed by atoms with E-state index < -0.39 is 0 Å². The van der Waals surface area contributed by atoms with Gasteiger partial charge in [0.2, 0.25) is 5.91 Å². The molecule has 0 fully saturated rings. The predicted molar refractivity (Wildman–Crippen MR) is 92.9 cm³/mol. The van der Waals surface area contributed by atoms with Crippen LogP contribution in [0.3, 0.4) is 0 Å². The number of carbonyl (C=O) groups excluding carboxylic acids is 1. The average Bonchev–Trinajstić information content (AvgIpc) is 2.53. The number of amides is 1. The van der Waals surface area contributed by atoms with Crippen LogP contribution in [0.1, 0.15) is 25.3 Å². The molecular formula is C18H21NO2S. The van der Waals surface area contributed by atoms with Crippen molar-refractivity contribution in [2.24, 2.45) is 0 Å². The van der Waals surface area contributed by atoms with Gasteiger partial charge in [-0.25, -0.2) is 0 Å². The average molecular weight is 315 g/mol. The maximum Gasteiger partial charge on any atom is 0.234 e. The van der Waals surface area contributed by atoms with E-state index in [0.717, 1.165) is 21.9 Å². The lowest BCUT2D eigenvalue weighted by Crippen LogP contribution is -2.15. The fourth-order valence-corrected chi connectivity index (χ4v) is 2.82. The molecule has 0 aliphatic rings. The van der Waals surface area contributed by atoms with Crippen LogP contribution in [0.15, 0.2) is 53.4 Å². The van der Waals surface area contributed by atoms with Crippen LogP contribution in [0.2, 0.25) is 0 Å². The van der Waals surface area contributed by atoms with E-state index >= 15 is 0 Å². The van der Waals surface area contributed by atoms with Crippen molar-refractivity contribution < 1.29 is 9.53 Å². The molecule has 0 saturated heterocycles.